The van der Waals surface area contributed by atoms with Crippen LogP contribution in [0.5, 0.6) is 5.75 Å². The largest absolute Gasteiger partial charge is 0.508 e. The van der Waals surface area contributed by atoms with Crippen molar-refractivity contribution in [2.24, 2.45) is 4.99 Å². The minimum atomic E-state index is -0.185. The average molecular weight is 379 g/mol. The molecule has 1 heterocycles. The third-order valence-corrected chi connectivity index (χ3v) is 5.05. The van der Waals surface area contributed by atoms with Crippen LogP contribution in [0.1, 0.15) is 5.56 Å². The molecule has 0 aromatic heterocycles. The molecule has 24 heavy (non-hydrogen) atoms. The van der Waals surface area contributed by atoms with Gasteiger partial charge in [-0.1, -0.05) is 35.3 Å². The molecule has 1 N–H and O–H groups in total. The lowest BCUT2D eigenvalue weighted by Gasteiger charge is -2.07. The number of halogens is 2. The standard InChI is InChI=1S/C17H12Cl2N2O2S/c1-21-16(23)15(9-12-13(18)6-3-7-14(12)19)24-17(21)20-10-4-2-5-11(22)8-10/h2-9,22H,1H3/b15-9-,20-17?. The first-order valence-corrected chi connectivity index (χ1v) is 8.52. The third kappa shape index (κ3) is 3.43. The molecule has 1 aliphatic rings. The van der Waals surface area contributed by atoms with E-state index < -0.39 is 0 Å². The highest BCUT2D eigenvalue weighted by molar-refractivity contribution is 8.18. The molecule has 2 aromatic rings. The number of hydrogen-bond acceptors (Lipinski definition) is 4. The van der Waals surface area contributed by atoms with Crippen molar-refractivity contribution in [3.63, 3.8) is 0 Å². The Bertz CT molecular complexity index is 860. The maximum atomic E-state index is 12.4. The lowest BCUT2D eigenvalue weighted by Crippen LogP contribution is -2.23. The van der Waals surface area contributed by atoms with Crippen molar-refractivity contribution >= 4 is 57.8 Å². The van der Waals surface area contributed by atoms with Crippen LogP contribution < -0.4 is 0 Å². The highest BCUT2D eigenvalue weighted by Gasteiger charge is 2.30. The van der Waals surface area contributed by atoms with Gasteiger partial charge in [-0.15, -0.1) is 0 Å². The Balaban J connectivity index is 1.96. The van der Waals surface area contributed by atoms with E-state index in [0.29, 0.717) is 31.4 Å². The fraction of sp³-hybridized carbons (Fsp3) is 0.0588. The van der Waals surface area contributed by atoms with E-state index in [1.165, 1.54) is 22.7 Å². The van der Waals surface area contributed by atoms with Crippen LogP contribution in [0, 0.1) is 0 Å². The molecule has 0 spiro atoms. The molecular weight excluding hydrogens is 367 g/mol. The van der Waals surface area contributed by atoms with Gasteiger partial charge in [-0.25, -0.2) is 4.99 Å². The first kappa shape index (κ1) is 16.9. The van der Waals surface area contributed by atoms with Crippen molar-refractivity contribution in [3.05, 3.63) is 63.0 Å². The highest BCUT2D eigenvalue weighted by atomic mass is 35.5. The summed E-state index contributed by atoms with van der Waals surface area (Å²) in [6.07, 6.45) is 1.67. The number of rotatable bonds is 2. The van der Waals surface area contributed by atoms with E-state index in [0.717, 1.165) is 0 Å². The number of likely N-dealkylation sites (N-methyl/N-ethyl adjacent to an activating group) is 1. The van der Waals surface area contributed by atoms with Crippen LogP contribution in [0.15, 0.2) is 52.4 Å². The van der Waals surface area contributed by atoms with Crippen LogP contribution in [0.3, 0.4) is 0 Å². The quantitative estimate of drug-likeness (QED) is 0.753. The number of thioether (sulfide) groups is 1. The SMILES string of the molecule is CN1C(=O)/C(=C/c2c(Cl)cccc2Cl)SC1=Nc1cccc(O)c1. The molecule has 3 rings (SSSR count). The molecule has 0 unspecified atom stereocenters. The molecule has 122 valence electrons. The topological polar surface area (TPSA) is 52.9 Å². The Morgan fingerprint density at radius 3 is 2.50 bits per heavy atom. The predicted octanol–water partition coefficient (Wildman–Crippen LogP) is 4.93. The fourth-order valence-corrected chi connectivity index (χ4v) is 3.58. The number of amides is 1. The fourth-order valence-electron chi connectivity index (χ4n) is 2.10. The first-order valence-electron chi connectivity index (χ1n) is 6.95. The number of phenols is 1. The van der Waals surface area contributed by atoms with Gasteiger partial charge in [0.2, 0.25) is 0 Å². The molecule has 1 amide bonds. The molecule has 1 saturated heterocycles. The van der Waals surface area contributed by atoms with E-state index in [1.54, 1.807) is 49.5 Å². The van der Waals surface area contributed by atoms with E-state index in [2.05, 4.69) is 4.99 Å². The number of carbonyl (C=O) groups is 1. The van der Waals surface area contributed by atoms with E-state index in [-0.39, 0.29) is 11.7 Å². The average Bonchev–Trinajstić information content (AvgIpc) is 2.79. The molecule has 4 nitrogen and oxygen atoms in total. The van der Waals surface area contributed by atoms with Gasteiger partial charge in [-0.3, -0.25) is 9.69 Å². The zero-order valence-corrected chi connectivity index (χ0v) is 14.9. The van der Waals surface area contributed by atoms with Crippen molar-refractivity contribution in [1.29, 1.82) is 0 Å². The van der Waals surface area contributed by atoms with Crippen LogP contribution in [0.4, 0.5) is 5.69 Å². The van der Waals surface area contributed by atoms with E-state index in [4.69, 9.17) is 23.2 Å². The van der Waals surface area contributed by atoms with Gasteiger partial charge in [0.15, 0.2) is 5.17 Å². The molecule has 0 atom stereocenters. The summed E-state index contributed by atoms with van der Waals surface area (Å²) in [6.45, 7) is 0. The van der Waals surface area contributed by atoms with Crippen molar-refractivity contribution in [2.75, 3.05) is 7.05 Å². The minimum absolute atomic E-state index is 0.118. The van der Waals surface area contributed by atoms with E-state index in [1.807, 2.05) is 0 Å². The van der Waals surface area contributed by atoms with Gasteiger partial charge >= 0.3 is 0 Å². The number of amidine groups is 1. The van der Waals surface area contributed by atoms with Crippen LogP contribution in [0.2, 0.25) is 10.0 Å². The summed E-state index contributed by atoms with van der Waals surface area (Å²) in [7, 11) is 1.64. The normalized spacial score (nSPS) is 18.0. The maximum absolute atomic E-state index is 12.4. The molecule has 0 aliphatic carbocycles. The molecule has 1 fully saturated rings. The van der Waals surface area contributed by atoms with Crippen molar-refractivity contribution in [3.8, 4) is 5.75 Å². The summed E-state index contributed by atoms with van der Waals surface area (Å²) in [5.41, 5.74) is 1.16. The van der Waals surface area contributed by atoms with Crippen LogP contribution >= 0.6 is 35.0 Å². The van der Waals surface area contributed by atoms with Crippen molar-refractivity contribution in [2.45, 2.75) is 0 Å². The Morgan fingerprint density at radius 2 is 1.83 bits per heavy atom. The number of benzene rings is 2. The Morgan fingerprint density at radius 1 is 1.17 bits per heavy atom. The van der Waals surface area contributed by atoms with Crippen LogP contribution in [-0.4, -0.2) is 28.1 Å². The number of aliphatic imine (C=N–C) groups is 1. The number of hydrogen-bond donors (Lipinski definition) is 1. The minimum Gasteiger partial charge on any atom is -0.508 e. The zero-order chi connectivity index (χ0) is 17.3. The lowest BCUT2D eigenvalue weighted by atomic mass is 10.2. The predicted molar refractivity (Wildman–Crippen MR) is 100 cm³/mol. The molecule has 0 bridgehead atoms. The van der Waals surface area contributed by atoms with E-state index in [9.17, 15) is 9.90 Å². The van der Waals surface area contributed by atoms with Crippen LogP contribution in [0.25, 0.3) is 6.08 Å². The van der Waals surface area contributed by atoms with Gasteiger partial charge in [0.05, 0.1) is 10.6 Å². The van der Waals surface area contributed by atoms with Gasteiger partial charge in [0, 0.05) is 28.7 Å². The zero-order valence-electron chi connectivity index (χ0n) is 12.5. The second-order valence-corrected chi connectivity index (χ2v) is 6.85. The summed E-state index contributed by atoms with van der Waals surface area (Å²) in [4.78, 5) is 18.8. The monoisotopic (exact) mass is 378 g/mol. The molecule has 1 aliphatic heterocycles. The molecule has 0 radical (unpaired) electrons. The van der Waals surface area contributed by atoms with E-state index >= 15 is 0 Å². The smallest absolute Gasteiger partial charge is 0.266 e. The van der Waals surface area contributed by atoms with Gasteiger partial charge in [0.1, 0.15) is 5.75 Å². The third-order valence-electron chi connectivity index (χ3n) is 3.33. The lowest BCUT2D eigenvalue weighted by molar-refractivity contribution is -0.121. The van der Waals surface area contributed by atoms with Crippen LogP contribution in [-0.2, 0) is 4.79 Å². The van der Waals surface area contributed by atoms with Crippen molar-refractivity contribution < 1.29 is 9.90 Å². The summed E-state index contributed by atoms with van der Waals surface area (Å²) >= 11 is 13.5. The molecule has 7 heteroatoms. The maximum Gasteiger partial charge on any atom is 0.266 e. The Kier molecular flexibility index (Phi) is 4.85. The van der Waals surface area contributed by atoms with Gasteiger partial charge in [-0.05, 0) is 42.1 Å². The molecular formula is C17H12Cl2N2O2S. The van der Waals surface area contributed by atoms with Crippen molar-refractivity contribution in [1.82, 2.24) is 4.90 Å². The second-order valence-electron chi connectivity index (χ2n) is 5.02. The Hall–Kier alpha value is -1.95. The second kappa shape index (κ2) is 6.89. The van der Waals surface area contributed by atoms with Gasteiger partial charge in [-0.2, -0.15) is 0 Å². The first-order chi connectivity index (χ1) is 11.5. The highest BCUT2D eigenvalue weighted by Crippen LogP contribution is 2.36. The molecule has 2 aromatic carbocycles. The van der Waals surface area contributed by atoms with Gasteiger partial charge in [0.25, 0.3) is 5.91 Å². The summed E-state index contributed by atoms with van der Waals surface area (Å²) in [5.74, 6) is -0.0673. The summed E-state index contributed by atoms with van der Waals surface area (Å²) in [5, 5.41) is 11.0. The Labute approximate surface area is 153 Å². The van der Waals surface area contributed by atoms with Gasteiger partial charge < -0.3 is 5.11 Å². The number of carbonyl (C=O) groups excluding carboxylic acids is 1. The number of nitrogens with zero attached hydrogens (tertiary/aromatic N) is 2. The molecule has 0 saturated carbocycles. The number of phenolic OH excluding ortho intramolecular Hbond substituents is 1. The summed E-state index contributed by atoms with van der Waals surface area (Å²) < 4.78 is 0. The summed E-state index contributed by atoms with van der Waals surface area (Å²) in [6, 6.07) is 11.7. The number of aromatic hydroxyl groups is 1.